The zero-order valence-electron chi connectivity index (χ0n) is 7.65. The predicted molar refractivity (Wildman–Crippen MR) is 48.5 cm³/mol. The van der Waals surface area contributed by atoms with Crippen LogP contribution in [0.3, 0.4) is 0 Å². The highest BCUT2D eigenvalue weighted by molar-refractivity contribution is 7.91. The summed E-state index contributed by atoms with van der Waals surface area (Å²) in [5.74, 6) is -1.97. The predicted octanol–water partition coefficient (Wildman–Crippen LogP) is 0.624. The van der Waals surface area contributed by atoms with E-state index in [1.807, 2.05) is 0 Å². The minimum atomic E-state index is -3.15. The molecular weight excluding hydrogens is 211 g/mol. The van der Waals surface area contributed by atoms with Crippen molar-refractivity contribution in [1.82, 2.24) is 0 Å². The van der Waals surface area contributed by atoms with E-state index in [-0.39, 0.29) is 30.8 Å². The molecule has 1 fully saturated rings. The Morgan fingerprint density at radius 1 is 1.36 bits per heavy atom. The van der Waals surface area contributed by atoms with Crippen molar-refractivity contribution in [1.29, 1.82) is 0 Å². The van der Waals surface area contributed by atoms with Crippen LogP contribution in [0.1, 0.15) is 19.3 Å². The summed E-state index contributed by atoms with van der Waals surface area (Å²) in [5, 5.41) is 8.49. The summed E-state index contributed by atoms with van der Waals surface area (Å²) in [6.45, 7) is 0. The number of hydrogen-bond donors (Lipinski definition) is 1. The van der Waals surface area contributed by atoms with Gasteiger partial charge in [0, 0.05) is 5.92 Å². The molecule has 1 aliphatic heterocycles. The van der Waals surface area contributed by atoms with Gasteiger partial charge in [0.2, 0.25) is 0 Å². The van der Waals surface area contributed by atoms with Crippen LogP contribution >= 0.6 is 0 Å². The number of alkyl halides is 1. The maximum Gasteiger partial charge on any atom is 0.303 e. The van der Waals surface area contributed by atoms with Crippen molar-refractivity contribution in [3.05, 3.63) is 0 Å². The van der Waals surface area contributed by atoms with E-state index in [0.717, 1.165) is 0 Å². The van der Waals surface area contributed by atoms with Crippen LogP contribution in [0.5, 0.6) is 0 Å². The molecule has 0 radical (unpaired) electrons. The Labute approximate surface area is 82.0 Å². The Bertz CT molecular complexity index is 311. The Balaban J connectivity index is 2.65. The molecule has 82 valence electrons. The molecule has 1 aliphatic rings. The van der Waals surface area contributed by atoms with Gasteiger partial charge < -0.3 is 5.11 Å². The monoisotopic (exact) mass is 224 g/mol. The molecule has 0 aromatic carbocycles. The number of carbonyl (C=O) groups is 1. The van der Waals surface area contributed by atoms with Crippen LogP contribution in [0.2, 0.25) is 0 Å². The van der Waals surface area contributed by atoms with E-state index in [1.165, 1.54) is 0 Å². The molecule has 0 unspecified atom stereocenters. The second-order valence-corrected chi connectivity index (χ2v) is 5.91. The minimum Gasteiger partial charge on any atom is -0.481 e. The molecule has 0 aromatic rings. The van der Waals surface area contributed by atoms with Gasteiger partial charge in [-0.25, -0.2) is 12.8 Å². The third kappa shape index (κ3) is 3.25. The Morgan fingerprint density at radius 3 is 2.50 bits per heavy atom. The van der Waals surface area contributed by atoms with E-state index in [1.54, 1.807) is 0 Å². The zero-order chi connectivity index (χ0) is 10.8. The average Bonchev–Trinajstić information content (AvgIpc) is 2.17. The summed E-state index contributed by atoms with van der Waals surface area (Å²) in [4.78, 5) is 10.4. The fraction of sp³-hybridized carbons (Fsp3) is 0.875. The quantitative estimate of drug-likeness (QED) is 0.746. The highest BCUT2D eigenvalue weighted by Gasteiger charge is 2.30. The third-order valence-corrected chi connectivity index (χ3v) is 4.17. The molecule has 1 rings (SSSR count). The van der Waals surface area contributed by atoms with E-state index >= 15 is 0 Å². The number of carboxylic acids is 1. The minimum absolute atomic E-state index is 0.0692. The van der Waals surface area contributed by atoms with Gasteiger partial charge in [-0.05, 0) is 12.8 Å². The average molecular weight is 224 g/mol. The number of halogens is 1. The third-order valence-electron chi connectivity index (χ3n) is 2.45. The van der Waals surface area contributed by atoms with Crippen molar-refractivity contribution in [2.75, 3.05) is 11.5 Å². The van der Waals surface area contributed by atoms with E-state index in [0.29, 0.717) is 0 Å². The molecule has 1 saturated heterocycles. The van der Waals surface area contributed by atoms with E-state index in [9.17, 15) is 17.6 Å². The lowest BCUT2D eigenvalue weighted by Crippen LogP contribution is -2.19. The summed E-state index contributed by atoms with van der Waals surface area (Å²) >= 11 is 0. The highest BCUT2D eigenvalue weighted by Crippen LogP contribution is 2.24. The molecule has 0 aliphatic carbocycles. The van der Waals surface area contributed by atoms with Gasteiger partial charge in [-0.1, -0.05) is 0 Å². The van der Waals surface area contributed by atoms with E-state index < -0.39 is 27.9 Å². The SMILES string of the molecule is O=C(O)C[C@H]1CCS(=O)(=O)CC[C@H]1F. The van der Waals surface area contributed by atoms with Gasteiger partial charge in [0.25, 0.3) is 0 Å². The molecule has 2 atom stereocenters. The van der Waals surface area contributed by atoms with Gasteiger partial charge in [0.05, 0.1) is 17.9 Å². The Kier molecular flexibility index (Phi) is 3.47. The number of aliphatic carboxylic acids is 1. The second kappa shape index (κ2) is 4.25. The smallest absolute Gasteiger partial charge is 0.303 e. The number of hydrogen-bond acceptors (Lipinski definition) is 3. The molecule has 4 nitrogen and oxygen atoms in total. The fourth-order valence-corrected chi connectivity index (χ4v) is 3.05. The van der Waals surface area contributed by atoms with Crippen LogP contribution in [0, 0.1) is 5.92 Å². The maximum absolute atomic E-state index is 13.3. The molecule has 14 heavy (non-hydrogen) atoms. The Hall–Kier alpha value is -0.650. The topological polar surface area (TPSA) is 71.4 Å². The van der Waals surface area contributed by atoms with Crippen molar-refractivity contribution < 1.29 is 22.7 Å². The first-order valence-corrected chi connectivity index (χ1v) is 6.29. The van der Waals surface area contributed by atoms with Gasteiger partial charge in [-0.15, -0.1) is 0 Å². The molecule has 0 saturated carbocycles. The summed E-state index contributed by atoms with van der Waals surface area (Å²) in [7, 11) is -3.15. The zero-order valence-corrected chi connectivity index (χ0v) is 8.46. The van der Waals surface area contributed by atoms with Crippen LogP contribution in [0.15, 0.2) is 0 Å². The Morgan fingerprint density at radius 2 is 1.93 bits per heavy atom. The van der Waals surface area contributed by atoms with Crippen LogP contribution in [0.25, 0.3) is 0 Å². The van der Waals surface area contributed by atoms with Gasteiger partial charge in [0.1, 0.15) is 16.0 Å². The summed E-state index contributed by atoms with van der Waals surface area (Å²) < 4.78 is 35.6. The van der Waals surface area contributed by atoms with Gasteiger partial charge in [-0.2, -0.15) is 0 Å². The molecular formula is C8H13FO4S. The number of sulfone groups is 1. The number of carboxylic acid groups (broad SMARTS) is 1. The van der Waals surface area contributed by atoms with Crippen molar-refractivity contribution in [3.8, 4) is 0 Å². The van der Waals surface area contributed by atoms with Crippen LogP contribution < -0.4 is 0 Å². The molecule has 6 heteroatoms. The summed E-state index contributed by atoms with van der Waals surface area (Å²) in [6, 6.07) is 0. The number of rotatable bonds is 2. The van der Waals surface area contributed by atoms with E-state index in [4.69, 9.17) is 5.11 Å². The van der Waals surface area contributed by atoms with Gasteiger partial charge in [0.15, 0.2) is 0 Å². The first kappa shape index (κ1) is 11.4. The maximum atomic E-state index is 13.3. The van der Waals surface area contributed by atoms with Crippen LogP contribution in [-0.2, 0) is 14.6 Å². The summed E-state index contributed by atoms with van der Waals surface area (Å²) in [5.41, 5.74) is 0. The van der Waals surface area contributed by atoms with Crippen molar-refractivity contribution in [2.45, 2.75) is 25.4 Å². The summed E-state index contributed by atoms with van der Waals surface area (Å²) in [6.07, 6.45) is -1.53. The highest BCUT2D eigenvalue weighted by atomic mass is 32.2. The van der Waals surface area contributed by atoms with Gasteiger partial charge in [-0.3, -0.25) is 4.79 Å². The lowest BCUT2D eigenvalue weighted by molar-refractivity contribution is -0.138. The first-order chi connectivity index (χ1) is 6.41. The van der Waals surface area contributed by atoms with Crippen LogP contribution in [0.4, 0.5) is 4.39 Å². The molecule has 1 heterocycles. The molecule has 0 spiro atoms. The molecule has 0 aromatic heterocycles. The largest absolute Gasteiger partial charge is 0.481 e. The first-order valence-electron chi connectivity index (χ1n) is 4.47. The molecule has 0 bridgehead atoms. The van der Waals surface area contributed by atoms with Crippen molar-refractivity contribution >= 4 is 15.8 Å². The van der Waals surface area contributed by atoms with Crippen molar-refractivity contribution in [2.24, 2.45) is 5.92 Å². The standard InChI is InChI=1S/C8H13FO4S/c9-7-2-4-14(12,13)3-1-6(7)5-8(10)11/h6-7H,1-5H2,(H,10,11)/t6-,7-/m1/s1. The van der Waals surface area contributed by atoms with E-state index in [2.05, 4.69) is 0 Å². The van der Waals surface area contributed by atoms with Crippen LogP contribution in [-0.4, -0.2) is 37.2 Å². The molecule has 1 N–H and O–H groups in total. The second-order valence-electron chi connectivity index (χ2n) is 3.60. The lowest BCUT2D eigenvalue weighted by atomic mass is 9.95. The normalized spacial score (nSPS) is 32.1. The molecule has 0 amide bonds. The van der Waals surface area contributed by atoms with Crippen molar-refractivity contribution in [3.63, 3.8) is 0 Å². The fourth-order valence-electron chi connectivity index (χ4n) is 1.60. The van der Waals surface area contributed by atoms with Gasteiger partial charge >= 0.3 is 5.97 Å². The lowest BCUT2D eigenvalue weighted by Gasteiger charge is -2.14.